The van der Waals surface area contributed by atoms with Gasteiger partial charge in [-0.3, -0.25) is 4.90 Å². The van der Waals surface area contributed by atoms with Gasteiger partial charge in [0.2, 0.25) is 0 Å². The third-order valence-electron chi connectivity index (χ3n) is 6.25. The van der Waals surface area contributed by atoms with Gasteiger partial charge in [0.05, 0.1) is 12.6 Å². The lowest BCUT2D eigenvalue weighted by molar-refractivity contribution is -0.112. The number of hydrogen-bond donors (Lipinski definition) is 1. The Hall–Kier alpha value is -3.84. The number of carbonyl (C=O) groups is 2. The molecule has 0 spiro atoms. The van der Waals surface area contributed by atoms with Gasteiger partial charge in [-0.05, 0) is 43.9 Å². The molecule has 1 heterocycles. The average Bonchev–Trinajstić information content (AvgIpc) is 2.92. The Morgan fingerprint density at radius 2 is 1.47 bits per heavy atom. The molecule has 1 aliphatic rings. The van der Waals surface area contributed by atoms with Gasteiger partial charge < -0.3 is 19.5 Å². The lowest BCUT2D eigenvalue weighted by Gasteiger charge is -2.43. The summed E-state index contributed by atoms with van der Waals surface area (Å²) >= 11 is 0. The summed E-state index contributed by atoms with van der Waals surface area (Å²) < 4.78 is 17.6. The first-order valence-corrected chi connectivity index (χ1v) is 13.0. The topological polar surface area (TPSA) is 77.1 Å². The molecule has 1 N–H and O–H groups in total. The number of rotatable bonds is 7. The number of nitrogens with zero attached hydrogens (tertiary/aromatic N) is 1. The van der Waals surface area contributed by atoms with Crippen LogP contribution in [0.5, 0.6) is 0 Å². The Bertz CT molecular complexity index is 1130. The number of alkyl carbamates (subject to hydrolysis) is 1. The minimum Gasteiger partial charge on any atom is -0.445 e. The fourth-order valence-electron chi connectivity index (χ4n) is 4.62. The van der Waals surface area contributed by atoms with Crippen molar-refractivity contribution in [2.45, 2.75) is 57.6 Å². The highest BCUT2D eigenvalue weighted by Crippen LogP contribution is 2.33. The van der Waals surface area contributed by atoms with Crippen molar-refractivity contribution in [3.8, 4) is 0 Å². The van der Waals surface area contributed by atoms with Crippen LogP contribution in [0, 0.1) is 0 Å². The molecule has 0 radical (unpaired) electrons. The first kappa shape index (κ1) is 27.2. The van der Waals surface area contributed by atoms with E-state index in [4.69, 9.17) is 14.2 Å². The molecule has 3 aromatic rings. The van der Waals surface area contributed by atoms with Crippen LogP contribution in [0.4, 0.5) is 9.59 Å². The second-order valence-corrected chi connectivity index (χ2v) is 10.3. The average molecular weight is 517 g/mol. The Morgan fingerprint density at radius 3 is 2.03 bits per heavy atom. The molecular formula is C31H36N2O5. The highest BCUT2D eigenvalue weighted by molar-refractivity contribution is 5.70. The van der Waals surface area contributed by atoms with Gasteiger partial charge in [-0.15, -0.1) is 0 Å². The predicted octanol–water partition coefficient (Wildman–Crippen LogP) is 6.10. The first-order chi connectivity index (χ1) is 18.3. The molecule has 38 heavy (non-hydrogen) atoms. The molecule has 0 aliphatic carbocycles. The monoisotopic (exact) mass is 516 g/mol. The molecule has 1 fully saturated rings. The fourth-order valence-corrected chi connectivity index (χ4v) is 4.62. The zero-order valence-electron chi connectivity index (χ0n) is 22.2. The number of nitrogens with one attached hydrogen (secondary N) is 1. The largest absolute Gasteiger partial charge is 0.445 e. The molecule has 3 aromatic carbocycles. The fraction of sp³-hybridized carbons (Fsp3) is 0.355. The Morgan fingerprint density at radius 1 is 0.921 bits per heavy atom. The third kappa shape index (κ3) is 7.35. The van der Waals surface area contributed by atoms with Crippen molar-refractivity contribution >= 4 is 12.2 Å². The second-order valence-electron chi connectivity index (χ2n) is 10.3. The molecule has 2 amide bonds. The molecule has 0 aromatic heterocycles. The van der Waals surface area contributed by atoms with E-state index in [1.165, 1.54) is 0 Å². The SMILES string of the molecule is CC(C)(C)OC(=O)N1CCCOC1[C@@H](NC(=O)OCc1ccccc1)C(c1ccccc1)c1ccccc1. The lowest BCUT2D eigenvalue weighted by Crippen LogP contribution is -2.60. The van der Waals surface area contributed by atoms with Crippen molar-refractivity contribution < 1.29 is 23.8 Å². The van der Waals surface area contributed by atoms with Gasteiger partial charge in [0.25, 0.3) is 0 Å². The standard InChI is InChI=1S/C31H36N2O5/c1-31(2,3)38-30(35)33-20-13-21-36-28(33)27(32-29(34)37-22-23-14-7-4-8-15-23)26(24-16-9-5-10-17-24)25-18-11-6-12-19-25/h4-12,14-19,26-28H,13,20-22H2,1-3H3,(H,32,34)/t27-,28?/m0/s1. The number of benzene rings is 3. The van der Waals surface area contributed by atoms with Crippen molar-refractivity contribution in [1.82, 2.24) is 10.2 Å². The summed E-state index contributed by atoms with van der Waals surface area (Å²) in [5.74, 6) is -0.324. The lowest BCUT2D eigenvalue weighted by atomic mass is 9.83. The number of hydrogen-bond acceptors (Lipinski definition) is 5. The van der Waals surface area contributed by atoms with Crippen LogP contribution in [0.3, 0.4) is 0 Å². The molecule has 0 bridgehead atoms. The molecule has 4 rings (SSSR count). The number of ether oxygens (including phenoxy) is 3. The molecule has 200 valence electrons. The van der Waals surface area contributed by atoms with E-state index >= 15 is 0 Å². The zero-order chi connectivity index (χ0) is 27.0. The maximum absolute atomic E-state index is 13.3. The number of amides is 2. The molecular weight excluding hydrogens is 480 g/mol. The van der Waals surface area contributed by atoms with E-state index in [1.807, 2.05) is 112 Å². The van der Waals surface area contributed by atoms with Crippen molar-refractivity contribution in [3.63, 3.8) is 0 Å². The maximum Gasteiger partial charge on any atom is 0.412 e. The minimum atomic E-state index is -0.770. The van der Waals surface area contributed by atoms with E-state index < -0.39 is 30.1 Å². The zero-order valence-corrected chi connectivity index (χ0v) is 22.2. The van der Waals surface area contributed by atoms with Crippen molar-refractivity contribution in [3.05, 3.63) is 108 Å². The van der Waals surface area contributed by atoms with Gasteiger partial charge in [-0.2, -0.15) is 0 Å². The van der Waals surface area contributed by atoms with Gasteiger partial charge in [-0.1, -0.05) is 91.0 Å². The van der Waals surface area contributed by atoms with Gasteiger partial charge in [0, 0.05) is 12.5 Å². The van der Waals surface area contributed by atoms with Crippen molar-refractivity contribution in [1.29, 1.82) is 0 Å². The molecule has 1 saturated heterocycles. The summed E-state index contributed by atoms with van der Waals surface area (Å²) in [4.78, 5) is 28.1. The highest BCUT2D eigenvalue weighted by Gasteiger charge is 2.42. The summed E-state index contributed by atoms with van der Waals surface area (Å²) in [6.45, 7) is 6.53. The Kier molecular flexibility index (Phi) is 9.02. The third-order valence-corrected chi connectivity index (χ3v) is 6.25. The summed E-state index contributed by atoms with van der Waals surface area (Å²) in [6, 6.07) is 28.7. The van der Waals surface area contributed by atoms with Crippen LogP contribution in [0.2, 0.25) is 0 Å². The van der Waals surface area contributed by atoms with Crippen LogP contribution < -0.4 is 5.32 Å². The van der Waals surface area contributed by atoms with Gasteiger partial charge in [-0.25, -0.2) is 9.59 Å². The maximum atomic E-state index is 13.3. The van der Waals surface area contributed by atoms with Crippen molar-refractivity contribution in [2.75, 3.05) is 13.2 Å². The van der Waals surface area contributed by atoms with E-state index in [0.717, 1.165) is 16.7 Å². The summed E-state index contributed by atoms with van der Waals surface area (Å²) in [6.07, 6.45) is -1.17. The van der Waals surface area contributed by atoms with Crippen LogP contribution >= 0.6 is 0 Å². The minimum absolute atomic E-state index is 0.127. The van der Waals surface area contributed by atoms with E-state index in [-0.39, 0.29) is 12.5 Å². The van der Waals surface area contributed by atoms with Crippen molar-refractivity contribution in [2.24, 2.45) is 0 Å². The first-order valence-electron chi connectivity index (χ1n) is 13.0. The summed E-state index contributed by atoms with van der Waals surface area (Å²) in [5, 5.41) is 3.07. The van der Waals surface area contributed by atoms with Crippen LogP contribution in [0.1, 0.15) is 49.8 Å². The summed E-state index contributed by atoms with van der Waals surface area (Å²) in [7, 11) is 0. The van der Waals surface area contributed by atoms with Gasteiger partial charge in [0.1, 0.15) is 12.2 Å². The highest BCUT2D eigenvalue weighted by atomic mass is 16.6. The molecule has 1 aliphatic heterocycles. The van der Waals surface area contributed by atoms with Gasteiger partial charge >= 0.3 is 12.2 Å². The quantitative estimate of drug-likeness (QED) is 0.411. The molecule has 0 saturated carbocycles. The van der Waals surface area contributed by atoms with E-state index in [0.29, 0.717) is 19.6 Å². The summed E-state index contributed by atoms with van der Waals surface area (Å²) in [5.41, 5.74) is 2.16. The normalized spacial score (nSPS) is 16.5. The number of carbonyl (C=O) groups excluding carboxylic acids is 2. The van der Waals surface area contributed by atoms with Crippen LogP contribution in [0.15, 0.2) is 91.0 Å². The van der Waals surface area contributed by atoms with Crippen LogP contribution in [-0.2, 0) is 20.8 Å². The van der Waals surface area contributed by atoms with E-state index in [9.17, 15) is 9.59 Å². The van der Waals surface area contributed by atoms with Crippen LogP contribution in [-0.4, -0.2) is 48.1 Å². The van der Waals surface area contributed by atoms with Gasteiger partial charge in [0.15, 0.2) is 6.23 Å². The van der Waals surface area contributed by atoms with E-state index in [1.54, 1.807) is 4.90 Å². The Labute approximate surface area is 224 Å². The van der Waals surface area contributed by atoms with E-state index in [2.05, 4.69) is 5.32 Å². The second kappa shape index (κ2) is 12.6. The Balaban J connectivity index is 1.69. The molecule has 2 atom stereocenters. The molecule has 7 nitrogen and oxygen atoms in total. The van der Waals surface area contributed by atoms with Crippen LogP contribution in [0.25, 0.3) is 0 Å². The molecule has 1 unspecified atom stereocenters. The predicted molar refractivity (Wildman–Crippen MR) is 146 cm³/mol. The smallest absolute Gasteiger partial charge is 0.412 e. The molecule has 7 heteroatoms.